The standard InChI is InChI=1S/CClN.H2O7S2/c2-1-3;1-8(2,3)7-9(4,5)6/h;(H,1,2,3)(H,4,5,6). The molecule has 0 aromatic heterocycles. The van der Waals surface area contributed by atoms with Gasteiger partial charge in [0.15, 0.2) is 5.53 Å². The Kier molecular flexibility index (Phi) is 6.17. The third kappa shape index (κ3) is 22.7. The zero-order valence-electron chi connectivity index (χ0n) is 5.08. The van der Waals surface area contributed by atoms with Gasteiger partial charge in [-0.1, -0.05) is 0 Å². The Morgan fingerprint density at radius 1 is 1.17 bits per heavy atom. The van der Waals surface area contributed by atoms with Gasteiger partial charge in [-0.3, -0.25) is 9.11 Å². The second kappa shape index (κ2) is 5.25. The average molecular weight is 240 g/mol. The van der Waals surface area contributed by atoms with Crippen LogP contribution in [0.25, 0.3) is 0 Å². The molecule has 0 atom stereocenters. The van der Waals surface area contributed by atoms with Crippen LogP contribution in [0.5, 0.6) is 0 Å². The van der Waals surface area contributed by atoms with E-state index in [1.54, 1.807) is 0 Å². The van der Waals surface area contributed by atoms with E-state index in [9.17, 15) is 16.8 Å². The highest BCUT2D eigenvalue weighted by Crippen LogP contribution is 1.91. The Labute approximate surface area is 73.2 Å². The summed E-state index contributed by atoms with van der Waals surface area (Å²) in [5.74, 6) is 0. The van der Waals surface area contributed by atoms with Crippen LogP contribution in [0.4, 0.5) is 0 Å². The fourth-order valence-electron chi connectivity index (χ4n) is 0.109. The molecule has 0 bridgehead atoms. The van der Waals surface area contributed by atoms with E-state index >= 15 is 0 Å². The molecule has 0 amide bonds. The molecule has 0 unspecified atom stereocenters. The minimum Gasteiger partial charge on any atom is -0.263 e. The van der Waals surface area contributed by atoms with E-state index in [4.69, 9.17) is 14.4 Å². The maximum Gasteiger partial charge on any atom is 0.413 e. The summed E-state index contributed by atoms with van der Waals surface area (Å²) < 4.78 is 55.6. The summed E-state index contributed by atoms with van der Waals surface area (Å²) in [5.41, 5.74) is 1.22. The number of rotatable bonds is 2. The highest BCUT2D eigenvalue weighted by molar-refractivity contribution is 7.94. The Balaban J connectivity index is 0. The average Bonchev–Trinajstić information content (AvgIpc) is 1.53. The quantitative estimate of drug-likeness (QED) is 0.603. The number of halogens is 1. The lowest BCUT2D eigenvalue weighted by Gasteiger charge is -1.89. The van der Waals surface area contributed by atoms with Gasteiger partial charge in [0.05, 0.1) is 0 Å². The first-order valence-corrected chi connectivity index (χ1v) is 4.89. The molecule has 0 aliphatic heterocycles. The van der Waals surface area contributed by atoms with Gasteiger partial charge in [0.25, 0.3) is 0 Å². The molecule has 8 nitrogen and oxygen atoms in total. The Morgan fingerprint density at radius 2 is 1.33 bits per heavy atom. The van der Waals surface area contributed by atoms with Crippen molar-refractivity contribution >= 4 is 32.4 Å². The van der Waals surface area contributed by atoms with Gasteiger partial charge in [-0.05, 0) is 0 Å². The molecule has 2 N–H and O–H groups in total. The number of nitriles is 1. The van der Waals surface area contributed by atoms with Gasteiger partial charge in [-0.25, -0.2) is 0 Å². The topological polar surface area (TPSA) is 142 Å². The van der Waals surface area contributed by atoms with Crippen molar-refractivity contribution in [1.82, 2.24) is 0 Å². The minimum atomic E-state index is -5.12. The van der Waals surface area contributed by atoms with E-state index < -0.39 is 20.8 Å². The predicted octanol–water partition coefficient (Wildman–Crippen LogP) is -0.685. The van der Waals surface area contributed by atoms with Crippen molar-refractivity contribution < 1.29 is 29.6 Å². The zero-order chi connectivity index (χ0) is 10.4. The lowest BCUT2D eigenvalue weighted by atomic mass is 11.8. The minimum absolute atomic E-state index is 1.22. The predicted molar refractivity (Wildman–Crippen MR) is 35.6 cm³/mol. The van der Waals surface area contributed by atoms with Crippen molar-refractivity contribution in [1.29, 1.82) is 5.26 Å². The summed E-state index contributed by atoms with van der Waals surface area (Å²) in [6.45, 7) is 0. The normalized spacial score (nSPS) is 10.8. The molecule has 0 radical (unpaired) electrons. The van der Waals surface area contributed by atoms with Crippen LogP contribution >= 0.6 is 11.6 Å². The van der Waals surface area contributed by atoms with Crippen molar-refractivity contribution in [2.24, 2.45) is 0 Å². The summed E-state index contributed by atoms with van der Waals surface area (Å²) in [5, 5.41) is 7.08. The molecular formula is CH2ClNO7S2. The lowest BCUT2D eigenvalue weighted by molar-refractivity contribution is 0.344. The van der Waals surface area contributed by atoms with Crippen LogP contribution in [0, 0.1) is 10.8 Å². The summed E-state index contributed by atoms with van der Waals surface area (Å²) in [7, 11) is -10.2. The lowest BCUT2D eigenvalue weighted by Crippen LogP contribution is -2.10. The highest BCUT2D eigenvalue weighted by Gasteiger charge is 2.15. The molecule has 0 saturated carbocycles. The summed E-state index contributed by atoms with van der Waals surface area (Å²) in [6, 6.07) is 0. The molecule has 0 heterocycles. The van der Waals surface area contributed by atoms with E-state index in [1.807, 2.05) is 0 Å². The van der Waals surface area contributed by atoms with E-state index in [0.29, 0.717) is 0 Å². The van der Waals surface area contributed by atoms with E-state index in [1.165, 1.54) is 5.53 Å². The first-order chi connectivity index (χ1) is 5.12. The molecule has 0 spiro atoms. The summed E-state index contributed by atoms with van der Waals surface area (Å²) in [4.78, 5) is 0. The highest BCUT2D eigenvalue weighted by atomic mass is 35.5. The fraction of sp³-hybridized carbons (Fsp3) is 0. The molecule has 72 valence electrons. The van der Waals surface area contributed by atoms with Gasteiger partial charge in [-0.15, -0.1) is 3.63 Å². The molecule has 0 aromatic rings. The Morgan fingerprint density at radius 3 is 1.33 bits per heavy atom. The van der Waals surface area contributed by atoms with E-state index in [-0.39, 0.29) is 0 Å². The molecule has 12 heavy (non-hydrogen) atoms. The van der Waals surface area contributed by atoms with Crippen LogP contribution in [0.3, 0.4) is 0 Å². The molecule has 0 saturated heterocycles. The van der Waals surface area contributed by atoms with Crippen molar-refractivity contribution in [2.75, 3.05) is 0 Å². The summed E-state index contributed by atoms with van der Waals surface area (Å²) >= 11 is 4.30. The van der Waals surface area contributed by atoms with Crippen LogP contribution in [0.1, 0.15) is 0 Å². The molecule has 0 rings (SSSR count). The molecule has 0 aromatic carbocycles. The van der Waals surface area contributed by atoms with Crippen LogP contribution in [-0.4, -0.2) is 25.9 Å². The second-order valence-corrected chi connectivity index (χ2v) is 3.43. The Hall–Kier alpha value is -0.440. The second-order valence-electron chi connectivity index (χ2n) is 1.01. The zero-order valence-corrected chi connectivity index (χ0v) is 7.47. The Bertz CT molecular complexity index is 315. The third-order valence-corrected chi connectivity index (χ3v) is 1.55. The maximum atomic E-state index is 9.44. The van der Waals surface area contributed by atoms with Crippen molar-refractivity contribution in [3.63, 3.8) is 0 Å². The third-order valence-electron chi connectivity index (χ3n) is 0.172. The van der Waals surface area contributed by atoms with Crippen LogP contribution < -0.4 is 0 Å². The van der Waals surface area contributed by atoms with Gasteiger partial charge in [0, 0.05) is 11.6 Å². The smallest absolute Gasteiger partial charge is 0.263 e. The molecular weight excluding hydrogens is 238 g/mol. The van der Waals surface area contributed by atoms with Crippen LogP contribution in [0.2, 0.25) is 0 Å². The molecule has 0 fully saturated rings. The van der Waals surface area contributed by atoms with E-state index in [2.05, 4.69) is 15.2 Å². The van der Waals surface area contributed by atoms with E-state index in [0.717, 1.165) is 0 Å². The number of hydrogen-bond acceptors (Lipinski definition) is 6. The molecule has 11 heteroatoms. The van der Waals surface area contributed by atoms with Crippen molar-refractivity contribution in [2.45, 2.75) is 0 Å². The molecule has 0 aliphatic rings. The van der Waals surface area contributed by atoms with Gasteiger partial charge >= 0.3 is 20.8 Å². The monoisotopic (exact) mass is 239 g/mol. The van der Waals surface area contributed by atoms with Crippen LogP contribution in [-0.2, 0) is 24.4 Å². The first kappa shape index (κ1) is 14.1. The van der Waals surface area contributed by atoms with Gasteiger partial charge in [0.1, 0.15) is 0 Å². The number of hydrogen-bond donors (Lipinski definition) is 2. The fourth-order valence-corrected chi connectivity index (χ4v) is 0.978. The molecule has 0 aliphatic carbocycles. The van der Waals surface area contributed by atoms with Crippen molar-refractivity contribution in [3.05, 3.63) is 0 Å². The van der Waals surface area contributed by atoms with Gasteiger partial charge in [0.2, 0.25) is 0 Å². The van der Waals surface area contributed by atoms with Gasteiger partial charge in [-0.2, -0.15) is 22.1 Å². The van der Waals surface area contributed by atoms with Crippen LogP contribution in [0.15, 0.2) is 0 Å². The van der Waals surface area contributed by atoms with Gasteiger partial charge < -0.3 is 0 Å². The first-order valence-electron chi connectivity index (χ1n) is 1.78. The number of nitrogens with zero attached hydrogens (tertiary/aromatic N) is 1. The SMILES string of the molecule is N#CCl.O=S(=O)(O)OS(=O)(=O)O. The summed E-state index contributed by atoms with van der Waals surface area (Å²) in [6.07, 6.45) is 0. The van der Waals surface area contributed by atoms with Crippen molar-refractivity contribution in [3.8, 4) is 5.53 Å². The maximum absolute atomic E-state index is 9.44. The largest absolute Gasteiger partial charge is 0.413 e.